The average molecular weight is 73.1 g/mol. The molecule has 0 aliphatic heterocycles. The Morgan fingerprint density at radius 1 is 2.00 bits per heavy atom. The summed E-state index contributed by atoms with van der Waals surface area (Å²) < 4.78 is 0. The summed E-state index contributed by atoms with van der Waals surface area (Å²) >= 11 is 0. The normalized spacial score (nSPS) is 11.8. The molecule has 0 aliphatic carbocycles. The van der Waals surface area contributed by atoms with Gasteiger partial charge < -0.3 is 10.2 Å². The third-order valence-electron chi connectivity index (χ3n) is 0.171. The van der Waals surface area contributed by atoms with Crippen LogP contribution in [0.3, 0.4) is 0 Å². The van der Waals surface area contributed by atoms with Gasteiger partial charge in [0.05, 0.1) is 5.76 Å². The van der Waals surface area contributed by atoms with Crippen molar-refractivity contribution in [3.63, 3.8) is 0 Å². The summed E-state index contributed by atoms with van der Waals surface area (Å²) in [5.41, 5.74) is 0. The molecular formula is C3H5O2-. The molecular weight excluding hydrogens is 68.0 g/mol. The molecule has 0 rings (SSSR count). The summed E-state index contributed by atoms with van der Waals surface area (Å²) in [4.78, 5) is 0. The van der Waals surface area contributed by atoms with Crippen LogP contribution in [0, 0.1) is 0 Å². The SMILES string of the molecule is C/C(O)=C\[O-]. The lowest BCUT2D eigenvalue weighted by Gasteiger charge is -1.87. The second kappa shape index (κ2) is 1.64. The Balaban J connectivity index is 3.14. The summed E-state index contributed by atoms with van der Waals surface area (Å²) in [7, 11) is 0. The minimum absolute atomic E-state index is 0.176. The molecule has 0 heterocycles. The highest BCUT2D eigenvalue weighted by Crippen LogP contribution is 1.71. The zero-order chi connectivity index (χ0) is 4.28. The van der Waals surface area contributed by atoms with Crippen LogP contribution in [0.4, 0.5) is 0 Å². The topological polar surface area (TPSA) is 43.3 Å². The number of aliphatic hydroxyl groups is 1. The molecule has 0 aromatic rings. The van der Waals surface area contributed by atoms with Crippen LogP contribution in [0.1, 0.15) is 6.92 Å². The Bertz CT molecular complexity index is 42.9. The summed E-state index contributed by atoms with van der Waals surface area (Å²) in [5, 5.41) is 17.1. The number of hydrogen-bond donors (Lipinski definition) is 1. The smallest absolute Gasteiger partial charge is 0.0740 e. The maximum absolute atomic E-state index is 9.22. The van der Waals surface area contributed by atoms with Crippen molar-refractivity contribution in [3.8, 4) is 0 Å². The Hall–Kier alpha value is -0.660. The molecule has 0 spiro atoms. The van der Waals surface area contributed by atoms with Crippen molar-refractivity contribution in [2.45, 2.75) is 6.92 Å². The minimum Gasteiger partial charge on any atom is -0.876 e. The highest BCUT2D eigenvalue weighted by molar-refractivity contribution is 4.72. The van der Waals surface area contributed by atoms with Gasteiger partial charge in [0.15, 0.2) is 0 Å². The molecule has 2 nitrogen and oxygen atoms in total. The molecule has 2 heteroatoms. The van der Waals surface area contributed by atoms with Crippen LogP contribution in [-0.2, 0) is 0 Å². The van der Waals surface area contributed by atoms with E-state index in [-0.39, 0.29) is 5.76 Å². The van der Waals surface area contributed by atoms with Crippen LogP contribution < -0.4 is 5.11 Å². The number of hydrogen-bond acceptors (Lipinski definition) is 2. The summed E-state index contributed by atoms with van der Waals surface area (Å²) in [6.07, 6.45) is 0.389. The van der Waals surface area contributed by atoms with Crippen LogP contribution >= 0.6 is 0 Å². The third-order valence-corrected chi connectivity index (χ3v) is 0.171. The van der Waals surface area contributed by atoms with E-state index in [9.17, 15) is 5.11 Å². The van der Waals surface area contributed by atoms with Crippen molar-refractivity contribution in [2.24, 2.45) is 0 Å². The zero-order valence-corrected chi connectivity index (χ0v) is 2.93. The summed E-state index contributed by atoms with van der Waals surface area (Å²) in [6.45, 7) is 1.33. The Kier molecular flexibility index (Phi) is 1.42. The van der Waals surface area contributed by atoms with Crippen molar-refractivity contribution in [1.29, 1.82) is 0 Å². The molecule has 0 aliphatic rings. The first-order chi connectivity index (χ1) is 2.27. The van der Waals surface area contributed by atoms with Gasteiger partial charge >= 0.3 is 0 Å². The van der Waals surface area contributed by atoms with E-state index in [4.69, 9.17) is 5.11 Å². The fourth-order valence-corrected chi connectivity index (χ4v) is 0. The van der Waals surface area contributed by atoms with Gasteiger partial charge in [-0.05, 0) is 6.92 Å². The quantitative estimate of drug-likeness (QED) is 0.402. The molecule has 30 valence electrons. The molecule has 0 aromatic carbocycles. The van der Waals surface area contributed by atoms with Crippen LogP contribution in [0.25, 0.3) is 0 Å². The molecule has 0 aromatic heterocycles. The van der Waals surface area contributed by atoms with Crippen molar-refractivity contribution in [1.82, 2.24) is 0 Å². The molecule has 0 fully saturated rings. The molecule has 0 saturated carbocycles. The van der Waals surface area contributed by atoms with Crippen molar-refractivity contribution >= 4 is 0 Å². The van der Waals surface area contributed by atoms with Gasteiger partial charge in [-0.25, -0.2) is 0 Å². The van der Waals surface area contributed by atoms with Gasteiger partial charge in [-0.15, -0.1) is 6.26 Å². The van der Waals surface area contributed by atoms with E-state index in [0.29, 0.717) is 6.26 Å². The molecule has 0 unspecified atom stereocenters. The second-order valence-corrected chi connectivity index (χ2v) is 0.759. The third kappa shape index (κ3) is 3.34. The predicted octanol–water partition coefficient (Wildman–Crippen LogP) is -0.234. The maximum atomic E-state index is 9.22. The van der Waals surface area contributed by atoms with Crippen molar-refractivity contribution in [3.05, 3.63) is 12.0 Å². The lowest BCUT2D eigenvalue weighted by molar-refractivity contribution is -0.278. The average Bonchev–Trinajstić information content (AvgIpc) is 1.38. The number of aliphatic hydroxyl groups excluding tert-OH is 1. The van der Waals surface area contributed by atoms with Crippen molar-refractivity contribution in [2.75, 3.05) is 0 Å². The van der Waals surface area contributed by atoms with Gasteiger partial charge in [0.25, 0.3) is 0 Å². The first-order valence-corrected chi connectivity index (χ1v) is 1.25. The Morgan fingerprint density at radius 2 is 2.20 bits per heavy atom. The van der Waals surface area contributed by atoms with E-state index >= 15 is 0 Å². The van der Waals surface area contributed by atoms with Gasteiger partial charge in [-0.1, -0.05) is 0 Å². The highest BCUT2D eigenvalue weighted by Gasteiger charge is 1.58. The van der Waals surface area contributed by atoms with Crippen LogP contribution in [0.2, 0.25) is 0 Å². The highest BCUT2D eigenvalue weighted by atomic mass is 16.3. The summed E-state index contributed by atoms with van der Waals surface area (Å²) in [5.74, 6) is -0.176. The lowest BCUT2D eigenvalue weighted by atomic mass is 10.7. The number of rotatable bonds is 0. The first kappa shape index (κ1) is 4.34. The molecule has 0 amide bonds. The van der Waals surface area contributed by atoms with Crippen LogP contribution in [0.5, 0.6) is 0 Å². The largest absolute Gasteiger partial charge is 0.876 e. The van der Waals surface area contributed by atoms with Gasteiger partial charge in [0.1, 0.15) is 0 Å². The monoisotopic (exact) mass is 73.0 g/mol. The van der Waals surface area contributed by atoms with Gasteiger partial charge in [-0.3, -0.25) is 0 Å². The van der Waals surface area contributed by atoms with E-state index in [1.165, 1.54) is 6.92 Å². The lowest BCUT2D eigenvalue weighted by Crippen LogP contribution is -1.87. The van der Waals surface area contributed by atoms with Crippen molar-refractivity contribution < 1.29 is 10.2 Å². The molecule has 0 atom stereocenters. The Labute approximate surface area is 30.4 Å². The fourth-order valence-electron chi connectivity index (χ4n) is 0. The van der Waals surface area contributed by atoms with E-state index in [0.717, 1.165) is 0 Å². The van der Waals surface area contributed by atoms with E-state index in [1.807, 2.05) is 0 Å². The van der Waals surface area contributed by atoms with E-state index in [2.05, 4.69) is 0 Å². The molecule has 0 radical (unpaired) electrons. The predicted molar refractivity (Wildman–Crippen MR) is 16.4 cm³/mol. The molecule has 5 heavy (non-hydrogen) atoms. The molecule has 0 saturated heterocycles. The fraction of sp³-hybridized carbons (Fsp3) is 0.333. The maximum Gasteiger partial charge on any atom is 0.0740 e. The summed E-state index contributed by atoms with van der Waals surface area (Å²) in [6, 6.07) is 0. The van der Waals surface area contributed by atoms with Crippen LogP contribution in [0.15, 0.2) is 12.0 Å². The Morgan fingerprint density at radius 3 is 2.20 bits per heavy atom. The number of allylic oxidation sites excluding steroid dienone is 1. The minimum atomic E-state index is -0.176. The standard InChI is InChI=1S/C3H6O2/c1-3(5)2-4/h2,4-5H,1H3/p-1/b3-2+. The molecule has 1 N–H and O–H groups in total. The van der Waals surface area contributed by atoms with Gasteiger partial charge in [0, 0.05) is 0 Å². The van der Waals surface area contributed by atoms with E-state index in [1.54, 1.807) is 0 Å². The van der Waals surface area contributed by atoms with E-state index < -0.39 is 0 Å². The van der Waals surface area contributed by atoms with Gasteiger partial charge in [0.2, 0.25) is 0 Å². The zero-order valence-electron chi connectivity index (χ0n) is 2.93. The van der Waals surface area contributed by atoms with Crippen LogP contribution in [-0.4, -0.2) is 5.11 Å². The second-order valence-electron chi connectivity index (χ2n) is 0.759. The molecule has 0 bridgehead atoms. The van der Waals surface area contributed by atoms with Gasteiger partial charge in [-0.2, -0.15) is 0 Å². The first-order valence-electron chi connectivity index (χ1n) is 1.25.